The number of benzene rings is 2. The molecule has 0 radical (unpaired) electrons. The first-order chi connectivity index (χ1) is 9.47. The fourth-order valence-electron chi connectivity index (χ4n) is 1.92. The normalized spacial score (nSPS) is 10.3. The molecule has 0 aliphatic carbocycles. The van der Waals surface area contributed by atoms with Gasteiger partial charge in [-0.2, -0.15) is 0 Å². The van der Waals surface area contributed by atoms with Gasteiger partial charge in [0.15, 0.2) is 0 Å². The minimum atomic E-state index is -0.455. The molecule has 2 N–H and O–H groups in total. The van der Waals surface area contributed by atoms with E-state index in [0.29, 0.717) is 22.9 Å². The van der Waals surface area contributed by atoms with E-state index in [9.17, 15) is 10.1 Å². The highest BCUT2D eigenvalue weighted by Crippen LogP contribution is 2.26. The highest BCUT2D eigenvalue weighted by Gasteiger charge is 2.12. The zero-order valence-corrected chi connectivity index (χ0v) is 11.7. The lowest BCUT2D eigenvalue weighted by molar-refractivity contribution is -0.384. The summed E-state index contributed by atoms with van der Waals surface area (Å²) in [6.07, 6.45) is 0. The Balaban J connectivity index is 2.27. The van der Waals surface area contributed by atoms with E-state index >= 15 is 0 Å². The van der Waals surface area contributed by atoms with Crippen LogP contribution in [0.3, 0.4) is 0 Å². The molecule has 104 valence electrons. The van der Waals surface area contributed by atoms with Gasteiger partial charge >= 0.3 is 0 Å². The largest absolute Gasteiger partial charge is 0.398 e. The molecule has 20 heavy (non-hydrogen) atoms. The Bertz CT molecular complexity index is 646. The van der Waals surface area contributed by atoms with Crippen molar-refractivity contribution in [3.63, 3.8) is 0 Å². The average Bonchev–Trinajstić information content (AvgIpc) is 2.40. The lowest BCUT2D eigenvalue weighted by atomic mass is 10.2. The van der Waals surface area contributed by atoms with Crippen molar-refractivity contribution in [1.82, 2.24) is 0 Å². The summed E-state index contributed by atoms with van der Waals surface area (Å²) in [5.74, 6) is 0. The van der Waals surface area contributed by atoms with Crippen molar-refractivity contribution in [2.24, 2.45) is 0 Å². The molecule has 2 rings (SSSR count). The monoisotopic (exact) mass is 291 g/mol. The smallest absolute Gasteiger partial charge is 0.273 e. The fraction of sp³-hybridized carbons (Fsp3) is 0.143. The molecular weight excluding hydrogens is 278 g/mol. The number of rotatable bonds is 4. The van der Waals surface area contributed by atoms with Crippen molar-refractivity contribution >= 4 is 28.7 Å². The van der Waals surface area contributed by atoms with Crippen molar-refractivity contribution in [3.05, 3.63) is 63.2 Å². The molecular formula is C14H14ClN3O2. The second-order valence-electron chi connectivity index (χ2n) is 4.49. The SMILES string of the molecule is CN(Cc1ccccc1Cl)c1cc(N)cc([N+](=O)[O-])c1. The predicted octanol–water partition coefficient (Wildman–Crippen LogP) is 3.47. The number of hydrogen-bond acceptors (Lipinski definition) is 4. The van der Waals surface area contributed by atoms with Gasteiger partial charge in [-0.15, -0.1) is 0 Å². The van der Waals surface area contributed by atoms with Crippen LogP contribution in [-0.4, -0.2) is 12.0 Å². The van der Waals surface area contributed by atoms with Gasteiger partial charge in [0.25, 0.3) is 5.69 Å². The Morgan fingerprint density at radius 3 is 2.65 bits per heavy atom. The van der Waals surface area contributed by atoms with Crippen molar-refractivity contribution in [1.29, 1.82) is 0 Å². The van der Waals surface area contributed by atoms with Gasteiger partial charge in [-0.3, -0.25) is 10.1 Å². The summed E-state index contributed by atoms with van der Waals surface area (Å²) in [6, 6.07) is 12.0. The maximum absolute atomic E-state index is 10.9. The third-order valence-corrected chi connectivity index (χ3v) is 3.31. The van der Waals surface area contributed by atoms with Crippen LogP contribution < -0.4 is 10.6 Å². The van der Waals surface area contributed by atoms with E-state index in [1.54, 1.807) is 6.07 Å². The third-order valence-electron chi connectivity index (χ3n) is 2.94. The van der Waals surface area contributed by atoms with Gasteiger partial charge in [0.2, 0.25) is 0 Å². The topological polar surface area (TPSA) is 72.4 Å². The Hall–Kier alpha value is -2.27. The molecule has 0 amide bonds. The van der Waals surface area contributed by atoms with Gasteiger partial charge in [0.05, 0.1) is 4.92 Å². The van der Waals surface area contributed by atoms with Gasteiger partial charge in [-0.05, 0) is 17.7 Å². The summed E-state index contributed by atoms with van der Waals surface area (Å²) in [4.78, 5) is 12.3. The molecule has 0 saturated carbocycles. The lowest BCUT2D eigenvalue weighted by Crippen LogP contribution is -2.17. The minimum absolute atomic E-state index is 0.0222. The quantitative estimate of drug-likeness (QED) is 0.532. The zero-order chi connectivity index (χ0) is 14.7. The van der Waals surface area contributed by atoms with E-state index in [1.165, 1.54) is 12.1 Å². The zero-order valence-electron chi connectivity index (χ0n) is 10.9. The number of nitro benzene ring substituents is 1. The molecule has 0 unspecified atom stereocenters. The molecule has 0 aliphatic heterocycles. The van der Waals surface area contributed by atoms with Crippen LogP contribution in [0.25, 0.3) is 0 Å². The molecule has 0 atom stereocenters. The van der Waals surface area contributed by atoms with Gasteiger partial charge in [0, 0.05) is 42.1 Å². The van der Waals surface area contributed by atoms with Crippen LogP contribution in [0.5, 0.6) is 0 Å². The van der Waals surface area contributed by atoms with Gasteiger partial charge in [0.1, 0.15) is 0 Å². The van der Waals surface area contributed by atoms with Gasteiger partial charge in [-0.25, -0.2) is 0 Å². The summed E-state index contributed by atoms with van der Waals surface area (Å²) in [6.45, 7) is 0.542. The molecule has 2 aromatic carbocycles. The van der Waals surface area contributed by atoms with Crippen LogP contribution in [0.15, 0.2) is 42.5 Å². The summed E-state index contributed by atoms with van der Waals surface area (Å²) in [7, 11) is 1.84. The number of anilines is 2. The molecule has 0 saturated heterocycles. The van der Waals surface area contributed by atoms with Crippen LogP contribution >= 0.6 is 11.6 Å². The first-order valence-electron chi connectivity index (χ1n) is 5.97. The summed E-state index contributed by atoms with van der Waals surface area (Å²) < 4.78 is 0. The van der Waals surface area contributed by atoms with E-state index in [4.69, 9.17) is 17.3 Å². The van der Waals surface area contributed by atoms with Crippen LogP contribution in [0, 0.1) is 10.1 Å². The van der Waals surface area contributed by atoms with E-state index in [2.05, 4.69) is 0 Å². The van der Waals surface area contributed by atoms with E-state index in [-0.39, 0.29) is 5.69 Å². The first-order valence-corrected chi connectivity index (χ1v) is 6.34. The standard InChI is InChI=1S/C14H14ClN3O2/c1-17(9-10-4-2-3-5-14(10)15)12-6-11(16)7-13(8-12)18(19)20/h2-8H,9,16H2,1H3. The van der Waals surface area contributed by atoms with Gasteiger partial charge in [-0.1, -0.05) is 29.8 Å². The number of halogens is 1. The Labute approximate surface area is 121 Å². The summed E-state index contributed by atoms with van der Waals surface area (Å²) in [5.41, 5.74) is 7.66. The number of nitrogens with two attached hydrogens (primary N) is 1. The third kappa shape index (κ3) is 3.19. The molecule has 0 spiro atoms. The molecule has 0 aliphatic rings. The molecule has 2 aromatic rings. The molecule has 5 nitrogen and oxygen atoms in total. The Morgan fingerprint density at radius 1 is 1.30 bits per heavy atom. The van der Waals surface area contributed by atoms with Crippen LogP contribution in [0.1, 0.15) is 5.56 Å². The second-order valence-corrected chi connectivity index (χ2v) is 4.89. The van der Waals surface area contributed by atoms with Gasteiger partial charge < -0.3 is 10.6 Å². The van der Waals surface area contributed by atoms with E-state index in [0.717, 1.165) is 5.56 Å². The summed E-state index contributed by atoms with van der Waals surface area (Å²) in [5, 5.41) is 11.5. The van der Waals surface area contributed by atoms with Crippen LogP contribution in [0.2, 0.25) is 5.02 Å². The number of non-ortho nitro benzene ring substituents is 1. The number of nitro groups is 1. The van der Waals surface area contributed by atoms with Crippen molar-refractivity contribution in [2.45, 2.75) is 6.54 Å². The van der Waals surface area contributed by atoms with E-state index in [1.807, 2.05) is 36.2 Å². The first kappa shape index (κ1) is 14.1. The lowest BCUT2D eigenvalue weighted by Gasteiger charge is -2.20. The Kier molecular flexibility index (Phi) is 4.10. The number of hydrogen-bond donors (Lipinski definition) is 1. The highest BCUT2D eigenvalue weighted by molar-refractivity contribution is 6.31. The van der Waals surface area contributed by atoms with Crippen LogP contribution in [-0.2, 0) is 6.54 Å². The van der Waals surface area contributed by atoms with E-state index < -0.39 is 4.92 Å². The second kappa shape index (κ2) is 5.79. The minimum Gasteiger partial charge on any atom is -0.398 e. The maximum Gasteiger partial charge on any atom is 0.273 e. The molecule has 0 fully saturated rings. The predicted molar refractivity (Wildman–Crippen MR) is 81.1 cm³/mol. The highest BCUT2D eigenvalue weighted by atomic mass is 35.5. The molecule has 0 heterocycles. The Morgan fingerprint density at radius 2 is 2.00 bits per heavy atom. The maximum atomic E-state index is 10.9. The van der Waals surface area contributed by atoms with Crippen molar-refractivity contribution in [2.75, 3.05) is 17.7 Å². The summed E-state index contributed by atoms with van der Waals surface area (Å²) >= 11 is 6.11. The molecule has 6 heteroatoms. The average molecular weight is 292 g/mol. The molecule has 0 aromatic heterocycles. The number of nitrogens with zero attached hydrogens (tertiary/aromatic N) is 2. The van der Waals surface area contributed by atoms with Crippen LogP contribution in [0.4, 0.5) is 17.1 Å². The molecule has 0 bridgehead atoms. The van der Waals surface area contributed by atoms with Crippen molar-refractivity contribution in [3.8, 4) is 0 Å². The fourth-order valence-corrected chi connectivity index (χ4v) is 2.11. The van der Waals surface area contributed by atoms with Crippen molar-refractivity contribution < 1.29 is 4.92 Å². The number of nitrogen functional groups attached to an aromatic ring is 1.